The molecule has 0 aliphatic heterocycles. The van der Waals surface area contributed by atoms with E-state index in [0.717, 1.165) is 22.2 Å². The smallest absolute Gasteiger partial charge is 0.268 e. The molecule has 0 aliphatic carbocycles. The number of amides is 1. The summed E-state index contributed by atoms with van der Waals surface area (Å²) in [6.07, 6.45) is 1.61. The number of carbonyl (C=O) groups is 1. The Morgan fingerprint density at radius 2 is 2.00 bits per heavy atom. The third-order valence-electron chi connectivity index (χ3n) is 5.03. The van der Waals surface area contributed by atoms with E-state index in [1.165, 1.54) is 5.52 Å². The summed E-state index contributed by atoms with van der Waals surface area (Å²) in [5.74, 6) is 0.605. The van der Waals surface area contributed by atoms with E-state index in [1.54, 1.807) is 13.4 Å². The van der Waals surface area contributed by atoms with Gasteiger partial charge in [0.05, 0.1) is 36.0 Å². The quantitative estimate of drug-likeness (QED) is 0.519. The summed E-state index contributed by atoms with van der Waals surface area (Å²) in [6, 6.07) is 14.3. The van der Waals surface area contributed by atoms with Gasteiger partial charge in [-0.25, -0.2) is 0 Å². The number of benzene rings is 1. The Balaban J connectivity index is 1.83. The first kappa shape index (κ1) is 18.4. The first-order chi connectivity index (χ1) is 13.6. The Morgan fingerprint density at radius 1 is 1.18 bits per heavy atom. The van der Waals surface area contributed by atoms with Crippen molar-refractivity contribution in [3.8, 4) is 0 Å². The van der Waals surface area contributed by atoms with Crippen LogP contribution >= 0.6 is 0 Å². The van der Waals surface area contributed by atoms with E-state index in [1.807, 2.05) is 24.3 Å². The predicted octanol–water partition coefficient (Wildman–Crippen LogP) is 4.35. The number of fused-ring (bicyclic) bond motifs is 3. The number of nitrogens with zero attached hydrogens (tertiary/aromatic N) is 2. The van der Waals surface area contributed by atoms with Crippen molar-refractivity contribution in [1.82, 2.24) is 14.5 Å². The summed E-state index contributed by atoms with van der Waals surface area (Å²) in [6.45, 7) is 5.82. The molecule has 0 bridgehead atoms. The summed E-state index contributed by atoms with van der Waals surface area (Å²) in [5.41, 5.74) is 3.95. The van der Waals surface area contributed by atoms with Gasteiger partial charge >= 0.3 is 0 Å². The van der Waals surface area contributed by atoms with E-state index in [4.69, 9.17) is 9.15 Å². The van der Waals surface area contributed by atoms with E-state index in [-0.39, 0.29) is 11.9 Å². The summed E-state index contributed by atoms with van der Waals surface area (Å²) < 4.78 is 15.0. The third-order valence-corrected chi connectivity index (χ3v) is 5.03. The SMILES string of the molecule is COCCn1c(C(=O)NCc2ccco2)cc2c1c1ccccc1n2C(C)C. The number of nitrogens with one attached hydrogen (secondary N) is 1. The van der Waals surface area contributed by atoms with Gasteiger partial charge in [-0.15, -0.1) is 0 Å². The zero-order chi connectivity index (χ0) is 19.7. The van der Waals surface area contributed by atoms with Gasteiger partial charge in [0.2, 0.25) is 0 Å². The molecule has 0 atom stereocenters. The number of rotatable bonds is 7. The zero-order valence-electron chi connectivity index (χ0n) is 16.4. The maximum Gasteiger partial charge on any atom is 0.268 e. The van der Waals surface area contributed by atoms with Gasteiger partial charge < -0.3 is 23.6 Å². The highest BCUT2D eigenvalue weighted by Crippen LogP contribution is 2.34. The zero-order valence-corrected chi connectivity index (χ0v) is 16.4. The Hall–Kier alpha value is -2.99. The lowest BCUT2D eigenvalue weighted by molar-refractivity contribution is 0.0936. The van der Waals surface area contributed by atoms with Gasteiger partial charge in [-0.1, -0.05) is 18.2 Å². The minimum absolute atomic E-state index is 0.122. The lowest BCUT2D eigenvalue weighted by atomic mass is 10.2. The molecule has 4 rings (SSSR count). The van der Waals surface area contributed by atoms with Crippen LogP contribution in [0.2, 0.25) is 0 Å². The first-order valence-electron chi connectivity index (χ1n) is 9.53. The normalized spacial score (nSPS) is 11.7. The molecule has 0 saturated heterocycles. The number of hydrogen-bond donors (Lipinski definition) is 1. The predicted molar refractivity (Wildman–Crippen MR) is 110 cm³/mol. The molecule has 0 unspecified atom stereocenters. The highest BCUT2D eigenvalue weighted by Gasteiger charge is 2.22. The molecule has 0 aliphatic rings. The van der Waals surface area contributed by atoms with E-state index >= 15 is 0 Å². The molecule has 1 aromatic carbocycles. The first-order valence-corrected chi connectivity index (χ1v) is 9.53. The van der Waals surface area contributed by atoms with E-state index < -0.39 is 0 Å². The Kier molecular flexibility index (Phi) is 4.96. The number of ether oxygens (including phenoxy) is 1. The third kappa shape index (κ3) is 3.10. The van der Waals surface area contributed by atoms with Crippen molar-refractivity contribution in [2.75, 3.05) is 13.7 Å². The van der Waals surface area contributed by atoms with E-state index in [9.17, 15) is 4.79 Å². The number of aromatic nitrogens is 2. The second-order valence-electron chi connectivity index (χ2n) is 7.15. The average molecular weight is 379 g/mol. The van der Waals surface area contributed by atoms with Gasteiger partial charge in [-0.2, -0.15) is 0 Å². The maximum atomic E-state index is 13.0. The average Bonchev–Trinajstić information content (AvgIpc) is 3.39. The van der Waals surface area contributed by atoms with Crippen LogP contribution in [0.4, 0.5) is 0 Å². The second kappa shape index (κ2) is 7.56. The Bertz CT molecular complexity index is 1100. The number of furan rings is 1. The molecule has 1 N–H and O–H groups in total. The molecule has 0 fully saturated rings. The van der Waals surface area contributed by atoms with Crippen molar-refractivity contribution >= 4 is 27.8 Å². The minimum Gasteiger partial charge on any atom is -0.467 e. The van der Waals surface area contributed by atoms with Gasteiger partial charge in [0.1, 0.15) is 11.5 Å². The van der Waals surface area contributed by atoms with Crippen LogP contribution in [0.1, 0.15) is 36.1 Å². The number of para-hydroxylation sites is 1. The van der Waals surface area contributed by atoms with Crippen molar-refractivity contribution in [3.63, 3.8) is 0 Å². The van der Waals surface area contributed by atoms with Crippen LogP contribution in [-0.2, 0) is 17.8 Å². The molecule has 4 aromatic rings. The van der Waals surface area contributed by atoms with Gasteiger partial charge in [0, 0.05) is 25.1 Å². The monoisotopic (exact) mass is 379 g/mol. The van der Waals surface area contributed by atoms with Crippen LogP contribution in [0.3, 0.4) is 0 Å². The van der Waals surface area contributed by atoms with Crippen molar-refractivity contribution in [2.45, 2.75) is 33.0 Å². The lowest BCUT2D eigenvalue weighted by Crippen LogP contribution is -2.25. The molecule has 6 nitrogen and oxygen atoms in total. The fourth-order valence-electron chi connectivity index (χ4n) is 3.85. The molecule has 0 spiro atoms. The largest absolute Gasteiger partial charge is 0.467 e. The van der Waals surface area contributed by atoms with Crippen LogP contribution in [0, 0.1) is 0 Å². The molecular weight excluding hydrogens is 354 g/mol. The van der Waals surface area contributed by atoms with Crippen LogP contribution in [0.15, 0.2) is 53.1 Å². The van der Waals surface area contributed by atoms with Crippen LogP contribution in [-0.4, -0.2) is 28.8 Å². The van der Waals surface area contributed by atoms with Gasteiger partial charge in [-0.05, 0) is 38.1 Å². The molecular formula is C22H25N3O3. The van der Waals surface area contributed by atoms with Crippen LogP contribution in [0.5, 0.6) is 0 Å². The molecule has 0 radical (unpaired) electrons. The Labute approximate surface area is 163 Å². The lowest BCUT2D eigenvalue weighted by Gasteiger charge is -2.11. The molecule has 1 amide bonds. The number of hydrogen-bond acceptors (Lipinski definition) is 3. The van der Waals surface area contributed by atoms with E-state index in [0.29, 0.717) is 25.4 Å². The Morgan fingerprint density at radius 3 is 2.71 bits per heavy atom. The fraction of sp³-hybridized carbons (Fsp3) is 0.318. The van der Waals surface area contributed by atoms with Gasteiger partial charge in [0.15, 0.2) is 0 Å². The highest BCUT2D eigenvalue weighted by molar-refractivity contribution is 6.10. The molecule has 0 saturated carbocycles. The molecule has 3 heterocycles. The molecule has 6 heteroatoms. The molecule has 146 valence electrons. The topological polar surface area (TPSA) is 61.3 Å². The summed E-state index contributed by atoms with van der Waals surface area (Å²) >= 11 is 0. The standard InChI is InChI=1S/C22H25N3O3/c1-15(2)25-18-9-5-4-8-17(18)21-19(25)13-20(24(21)10-12-27-3)22(26)23-14-16-7-6-11-28-16/h4-9,11,13,15H,10,12,14H2,1-3H3,(H,23,26). The molecule has 3 aromatic heterocycles. The highest BCUT2D eigenvalue weighted by atomic mass is 16.5. The van der Waals surface area contributed by atoms with Crippen molar-refractivity contribution in [2.24, 2.45) is 0 Å². The summed E-state index contributed by atoms with van der Waals surface area (Å²) in [4.78, 5) is 13.0. The van der Waals surface area contributed by atoms with Crippen LogP contribution < -0.4 is 5.32 Å². The number of methoxy groups -OCH3 is 1. The second-order valence-corrected chi connectivity index (χ2v) is 7.15. The summed E-state index contributed by atoms with van der Waals surface area (Å²) in [5, 5.41) is 4.11. The van der Waals surface area contributed by atoms with Crippen molar-refractivity contribution < 1.29 is 13.9 Å². The maximum absolute atomic E-state index is 13.0. The van der Waals surface area contributed by atoms with Crippen molar-refractivity contribution in [1.29, 1.82) is 0 Å². The van der Waals surface area contributed by atoms with E-state index in [2.05, 4.69) is 46.5 Å². The van der Waals surface area contributed by atoms with Gasteiger partial charge in [-0.3, -0.25) is 4.79 Å². The van der Waals surface area contributed by atoms with Crippen LogP contribution in [0.25, 0.3) is 21.9 Å². The van der Waals surface area contributed by atoms with Crippen molar-refractivity contribution in [3.05, 3.63) is 60.2 Å². The van der Waals surface area contributed by atoms with Gasteiger partial charge in [0.25, 0.3) is 5.91 Å². The number of carbonyl (C=O) groups excluding carboxylic acids is 1. The summed E-state index contributed by atoms with van der Waals surface area (Å²) in [7, 11) is 1.68. The molecule has 28 heavy (non-hydrogen) atoms. The minimum atomic E-state index is -0.122. The fourth-order valence-corrected chi connectivity index (χ4v) is 3.85.